The van der Waals surface area contributed by atoms with Crippen LogP contribution in [0.5, 0.6) is 0 Å². The highest BCUT2D eigenvalue weighted by Crippen LogP contribution is 2.26. The van der Waals surface area contributed by atoms with Crippen molar-refractivity contribution in [3.8, 4) is 11.1 Å². The number of hydrogen-bond donors (Lipinski definition) is 3. The summed E-state index contributed by atoms with van der Waals surface area (Å²) in [6.45, 7) is 1.10. The second kappa shape index (κ2) is 8.61. The number of pyridine rings is 1. The van der Waals surface area contributed by atoms with Gasteiger partial charge in [0.15, 0.2) is 0 Å². The van der Waals surface area contributed by atoms with Crippen LogP contribution in [-0.4, -0.2) is 32.1 Å². The number of nitrogen functional groups attached to an aromatic ring is 1. The highest BCUT2D eigenvalue weighted by molar-refractivity contribution is 6.30. The van der Waals surface area contributed by atoms with Gasteiger partial charge in [-0.1, -0.05) is 23.7 Å². The summed E-state index contributed by atoms with van der Waals surface area (Å²) in [5, 5.41) is 23.9. The van der Waals surface area contributed by atoms with E-state index in [0.29, 0.717) is 35.9 Å². The van der Waals surface area contributed by atoms with Gasteiger partial charge in [-0.15, -0.1) is 0 Å². The zero-order valence-electron chi connectivity index (χ0n) is 15.2. The highest BCUT2D eigenvalue weighted by Gasteiger charge is 2.15. The van der Waals surface area contributed by atoms with E-state index < -0.39 is 10.9 Å². The molecule has 2 heterocycles. The molecule has 0 bridgehead atoms. The average molecular weight is 416 g/mol. The third-order valence-corrected chi connectivity index (χ3v) is 4.52. The number of anilines is 2. The molecule has 0 aliphatic carbocycles. The van der Waals surface area contributed by atoms with E-state index in [0.717, 1.165) is 5.56 Å². The maximum atomic E-state index is 11.6. The van der Waals surface area contributed by atoms with Crippen molar-refractivity contribution in [3.63, 3.8) is 0 Å². The largest absolute Gasteiger partial charge is 0.478 e. The van der Waals surface area contributed by atoms with Crippen molar-refractivity contribution < 1.29 is 14.8 Å². The molecule has 0 unspecified atom stereocenters. The predicted molar refractivity (Wildman–Crippen MR) is 110 cm³/mol. The topological polar surface area (TPSA) is 136 Å². The van der Waals surface area contributed by atoms with Crippen molar-refractivity contribution in [2.24, 2.45) is 0 Å². The number of nitrogens with one attached hydrogen (secondary N) is 1. The first-order valence-electron chi connectivity index (χ1n) is 8.69. The van der Waals surface area contributed by atoms with Gasteiger partial charge >= 0.3 is 11.7 Å². The van der Waals surface area contributed by atoms with Crippen LogP contribution in [0.25, 0.3) is 11.1 Å². The first-order chi connectivity index (χ1) is 13.8. The number of aromatic carboxylic acids is 1. The van der Waals surface area contributed by atoms with Gasteiger partial charge in [0.05, 0.1) is 10.5 Å². The Morgan fingerprint density at radius 1 is 1.24 bits per heavy atom. The van der Waals surface area contributed by atoms with Crippen molar-refractivity contribution in [3.05, 3.63) is 69.5 Å². The number of nitro groups is 1. The van der Waals surface area contributed by atoms with E-state index in [4.69, 9.17) is 17.3 Å². The second-order valence-corrected chi connectivity index (χ2v) is 6.71. The zero-order valence-corrected chi connectivity index (χ0v) is 16.0. The number of nitrogens with two attached hydrogens (primary N) is 1. The van der Waals surface area contributed by atoms with Crippen LogP contribution in [0.3, 0.4) is 0 Å². The van der Waals surface area contributed by atoms with E-state index in [1.165, 1.54) is 12.1 Å². The van der Waals surface area contributed by atoms with Gasteiger partial charge in [-0.05, 0) is 30.2 Å². The summed E-state index contributed by atoms with van der Waals surface area (Å²) in [6.07, 6.45) is 4.05. The minimum Gasteiger partial charge on any atom is -0.478 e. The number of aryl methyl sites for hydroxylation is 1. The molecule has 9 nitrogen and oxygen atoms in total. The summed E-state index contributed by atoms with van der Waals surface area (Å²) in [5.41, 5.74) is 6.93. The van der Waals surface area contributed by atoms with E-state index in [1.54, 1.807) is 36.7 Å². The quantitative estimate of drug-likeness (QED) is 0.288. The SMILES string of the molecule is Nc1nc(NCCCn2cc(C(=O)O)c(-c3ccc(Cl)cc3)c2)ccc1[N+](=O)[O-]. The van der Waals surface area contributed by atoms with E-state index >= 15 is 0 Å². The molecule has 0 aliphatic rings. The van der Waals surface area contributed by atoms with E-state index in [2.05, 4.69) is 10.3 Å². The van der Waals surface area contributed by atoms with Crippen LogP contribution in [0.4, 0.5) is 17.3 Å². The maximum Gasteiger partial charge on any atom is 0.337 e. The van der Waals surface area contributed by atoms with Gasteiger partial charge in [0.2, 0.25) is 5.82 Å². The molecule has 0 spiro atoms. The van der Waals surface area contributed by atoms with Gasteiger partial charge in [0.25, 0.3) is 0 Å². The van der Waals surface area contributed by atoms with Crippen molar-refractivity contribution >= 4 is 34.9 Å². The van der Waals surface area contributed by atoms with Crippen molar-refractivity contribution in [2.45, 2.75) is 13.0 Å². The molecule has 29 heavy (non-hydrogen) atoms. The first kappa shape index (κ1) is 20.2. The summed E-state index contributed by atoms with van der Waals surface area (Å²) >= 11 is 5.90. The molecule has 2 aromatic heterocycles. The minimum atomic E-state index is -1.00. The third-order valence-electron chi connectivity index (χ3n) is 4.26. The number of benzene rings is 1. The van der Waals surface area contributed by atoms with E-state index in [1.807, 2.05) is 4.57 Å². The summed E-state index contributed by atoms with van der Waals surface area (Å²) in [5.74, 6) is -0.713. The fraction of sp³-hybridized carbons (Fsp3) is 0.158. The van der Waals surface area contributed by atoms with Crippen LogP contribution in [0.1, 0.15) is 16.8 Å². The molecular weight excluding hydrogens is 398 g/mol. The molecule has 0 radical (unpaired) electrons. The van der Waals surface area contributed by atoms with E-state index in [9.17, 15) is 20.0 Å². The number of aromatic nitrogens is 2. The Balaban J connectivity index is 1.63. The van der Waals surface area contributed by atoms with Gasteiger partial charge < -0.3 is 20.7 Å². The molecule has 0 saturated heterocycles. The molecule has 0 atom stereocenters. The molecule has 10 heteroatoms. The number of halogens is 1. The molecule has 1 aromatic carbocycles. The Morgan fingerprint density at radius 2 is 1.97 bits per heavy atom. The molecule has 150 valence electrons. The van der Waals surface area contributed by atoms with E-state index in [-0.39, 0.29) is 17.1 Å². The molecule has 0 amide bonds. The molecule has 0 aliphatic heterocycles. The third kappa shape index (κ3) is 4.82. The van der Waals surface area contributed by atoms with Crippen LogP contribution < -0.4 is 11.1 Å². The standard InChI is InChI=1S/C19H18ClN5O4/c20-13-4-2-12(3-5-13)14-10-24(11-15(14)19(26)27)9-1-8-22-17-7-6-16(25(28)29)18(21)23-17/h2-7,10-11H,1,8-9H2,(H,26,27)(H3,21,22,23). The first-order valence-corrected chi connectivity index (χ1v) is 9.06. The highest BCUT2D eigenvalue weighted by atomic mass is 35.5. The number of carboxylic acid groups (broad SMARTS) is 1. The summed E-state index contributed by atoms with van der Waals surface area (Å²) in [4.78, 5) is 25.7. The maximum absolute atomic E-state index is 11.6. The Morgan fingerprint density at radius 3 is 2.59 bits per heavy atom. The summed E-state index contributed by atoms with van der Waals surface area (Å²) < 4.78 is 1.81. The van der Waals surface area contributed by atoms with Gasteiger partial charge in [0, 0.05) is 42.1 Å². The zero-order chi connectivity index (χ0) is 21.0. The molecule has 3 rings (SSSR count). The summed E-state index contributed by atoms with van der Waals surface area (Å²) in [7, 11) is 0. The molecule has 0 saturated carbocycles. The second-order valence-electron chi connectivity index (χ2n) is 6.27. The Kier molecular flexibility index (Phi) is 5.99. The fourth-order valence-electron chi connectivity index (χ4n) is 2.87. The predicted octanol–water partition coefficient (Wildman–Crippen LogP) is 3.89. The van der Waals surface area contributed by atoms with Crippen molar-refractivity contribution in [1.82, 2.24) is 9.55 Å². The number of hydrogen-bond acceptors (Lipinski definition) is 6. The fourth-order valence-corrected chi connectivity index (χ4v) is 2.99. The molecule has 4 N–H and O–H groups in total. The van der Waals surface area contributed by atoms with Crippen LogP contribution in [0, 0.1) is 10.1 Å². The number of rotatable bonds is 8. The Labute approximate surface area is 170 Å². The van der Waals surface area contributed by atoms with Crippen LogP contribution in [-0.2, 0) is 6.54 Å². The summed E-state index contributed by atoms with van der Waals surface area (Å²) in [6, 6.07) is 9.78. The average Bonchev–Trinajstić information content (AvgIpc) is 3.10. The van der Waals surface area contributed by atoms with Crippen molar-refractivity contribution in [2.75, 3.05) is 17.6 Å². The lowest BCUT2D eigenvalue weighted by molar-refractivity contribution is -0.384. The number of nitrogens with zero attached hydrogens (tertiary/aromatic N) is 3. The van der Waals surface area contributed by atoms with Crippen molar-refractivity contribution in [1.29, 1.82) is 0 Å². The van der Waals surface area contributed by atoms with Crippen LogP contribution >= 0.6 is 11.6 Å². The minimum absolute atomic E-state index is 0.149. The van der Waals surface area contributed by atoms with Crippen LogP contribution in [0.15, 0.2) is 48.8 Å². The van der Waals surface area contributed by atoms with Gasteiger partial charge in [-0.3, -0.25) is 10.1 Å². The van der Waals surface area contributed by atoms with Gasteiger partial charge in [-0.2, -0.15) is 0 Å². The Hall–Kier alpha value is -3.59. The number of carboxylic acids is 1. The number of carbonyl (C=O) groups is 1. The molecule has 3 aromatic rings. The lowest BCUT2D eigenvalue weighted by atomic mass is 10.1. The Bertz CT molecular complexity index is 1050. The molecule has 0 fully saturated rings. The lowest BCUT2D eigenvalue weighted by Gasteiger charge is -2.07. The van der Waals surface area contributed by atoms with Gasteiger partial charge in [-0.25, -0.2) is 9.78 Å². The van der Waals surface area contributed by atoms with Gasteiger partial charge in [0.1, 0.15) is 5.82 Å². The lowest BCUT2D eigenvalue weighted by Crippen LogP contribution is -2.08. The molecular formula is C19H18ClN5O4. The normalized spacial score (nSPS) is 10.7. The monoisotopic (exact) mass is 415 g/mol. The smallest absolute Gasteiger partial charge is 0.337 e. The van der Waals surface area contributed by atoms with Crippen LogP contribution in [0.2, 0.25) is 5.02 Å².